The lowest BCUT2D eigenvalue weighted by molar-refractivity contribution is -0.123. The maximum atomic E-state index is 13.5. The number of nitrogens with one attached hydrogen (secondary N) is 1. The van der Waals surface area contributed by atoms with Gasteiger partial charge in [0.15, 0.2) is 6.10 Å². The van der Waals surface area contributed by atoms with Crippen LogP contribution in [-0.2, 0) is 16.0 Å². The second-order valence-corrected chi connectivity index (χ2v) is 9.68. The van der Waals surface area contributed by atoms with Gasteiger partial charge in [0.2, 0.25) is 0 Å². The lowest BCUT2D eigenvalue weighted by Gasteiger charge is -2.23. The number of ether oxygens (including phenoxy) is 1. The first-order valence-electron chi connectivity index (χ1n) is 11.3. The summed E-state index contributed by atoms with van der Waals surface area (Å²) in [5.74, 6) is -0.681. The van der Waals surface area contributed by atoms with Gasteiger partial charge in [0, 0.05) is 16.5 Å². The highest BCUT2D eigenvalue weighted by molar-refractivity contribution is 7.10. The summed E-state index contributed by atoms with van der Waals surface area (Å²) in [5.41, 5.74) is 4.01. The van der Waals surface area contributed by atoms with Crippen molar-refractivity contribution in [1.82, 2.24) is 9.97 Å². The van der Waals surface area contributed by atoms with Crippen LogP contribution in [0.2, 0.25) is 5.02 Å². The van der Waals surface area contributed by atoms with E-state index in [0.29, 0.717) is 22.8 Å². The van der Waals surface area contributed by atoms with Gasteiger partial charge in [0.05, 0.1) is 21.8 Å². The molecular formula is C27H22ClN3O3S. The molecule has 3 heterocycles. The van der Waals surface area contributed by atoms with E-state index in [2.05, 4.69) is 22.4 Å². The highest BCUT2D eigenvalue weighted by Gasteiger charge is 2.28. The van der Waals surface area contributed by atoms with Gasteiger partial charge in [-0.15, -0.1) is 11.3 Å². The van der Waals surface area contributed by atoms with Gasteiger partial charge in [-0.1, -0.05) is 35.9 Å². The van der Waals surface area contributed by atoms with Crippen molar-refractivity contribution >= 4 is 63.2 Å². The van der Waals surface area contributed by atoms with E-state index in [1.807, 2.05) is 35.7 Å². The van der Waals surface area contributed by atoms with E-state index in [0.717, 1.165) is 45.5 Å². The number of fused-ring (bicyclic) bond motifs is 2. The average Bonchev–Trinajstić information content (AvgIpc) is 3.37. The molecule has 176 valence electrons. The molecule has 8 heteroatoms. The summed E-state index contributed by atoms with van der Waals surface area (Å²) in [6.07, 6.45) is 5.07. The molecular weight excluding hydrogens is 482 g/mol. The van der Waals surface area contributed by atoms with Crippen LogP contribution in [0.4, 0.5) is 5.82 Å². The first kappa shape index (κ1) is 23.2. The number of aromatic nitrogens is 2. The third kappa shape index (κ3) is 4.97. The molecule has 1 aromatic carbocycles. The Morgan fingerprint density at radius 3 is 2.77 bits per heavy atom. The van der Waals surface area contributed by atoms with Crippen molar-refractivity contribution in [2.45, 2.75) is 32.3 Å². The third-order valence-electron chi connectivity index (χ3n) is 5.87. The van der Waals surface area contributed by atoms with Crippen molar-refractivity contribution in [1.29, 1.82) is 0 Å². The monoisotopic (exact) mass is 503 g/mol. The summed E-state index contributed by atoms with van der Waals surface area (Å²) in [4.78, 5) is 36.3. The first-order chi connectivity index (χ1) is 17.0. The molecule has 1 aliphatic rings. The van der Waals surface area contributed by atoms with E-state index in [1.54, 1.807) is 30.4 Å². The number of rotatable bonds is 5. The second-order valence-electron chi connectivity index (χ2n) is 8.27. The number of benzene rings is 1. The standard InChI is InChI=1S/C27H22ClN3O3S/c1-16(26(32)31-23-12-11-18(28)15-29-23)34-27(33)24-20-8-2-3-10-22(20)30-25-17(6-4-9-21(24)25)14-19-7-5-13-35-19/h2-3,5,7-8,10-16H,4,6,9H2,1H3,(H,29,31,32). The van der Waals surface area contributed by atoms with E-state index >= 15 is 0 Å². The molecule has 0 bridgehead atoms. The fraction of sp³-hybridized carbons (Fsp3) is 0.185. The fourth-order valence-corrected chi connectivity index (χ4v) is 5.00. The fourth-order valence-electron chi connectivity index (χ4n) is 4.20. The predicted molar refractivity (Wildman–Crippen MR) is 140 cm³/mol. The number of carbonyl (C=O) groups is 2. The average molecular weight is 504 g/mol. The third-order valence-corrected chi connectivity index (χ3v) is 6.91. The van der Waals surface area contributed by atoms with Crippen LogP contribution in [0.5, 0.6) is 0 Å². The van der Waals surface area contributed by atoms with Crippen LogP contribution in [0.25, 0.3) is 22.6 Å². The first-order valence-corrected chi connectivity index (χ1v) is 12.5. The highest BCUT2D eigenvalue weighted by Crippen LogP contribution is 2.37. The minimum atomic E-state index is -1.02. The Labute approximate surface area is 211 Å². The molecule has 3 aromatic heterocycles. The molecule has 0 spiro atoms. The number of carbonyl (C=O) groups excluding carboxylic acids is 2. The summed E-state index contributed by atoms with van der Waals surface area (Å²) < 4.78 is 5.66. The summed E-state index contributed by atoms with van der Waals surface area (Å²) in [5, 5.41) is 5.88. The molecule has 35 heavy (non-hydrogen) atoms. The minimum Gasteiger partial charge on any atom is -0.449 e. The number of hydrogen-bond donors (Lipinski definition) is 1. The van der Waals surface area contributed by atoms with Gasteiger partial charge in [0.1, 0.15) is 5.82 Å². The van der Waals surface area contributed by atoms with E-state index < -0.39 is 18.0 Å². The Morgan fingerprint density at radius 2 is 2.00 bits per heavy atom. The molecule has 4 aromatic rings. The molecule has 0 fully saturated rings. The van der Waals surface area contributed by atoms with Crippen molar-refractivity contribution in [2.75, 3.05) is 5.32 Å². The number of amides is 1. The molecule has 0 aliphatic heterocycles. The number of anilines is 1. The molecule has 5 rings (SSSR count). The van der Waals surface area contributed by atoms with Crippen LogP contribution < -0.4 is 5.32 Å². The summed E-state index contributed by atoms with van der Waals surface area (Å²) in [7, 11) is 0. The van der Waals surface area contributed by atoms with Crippen LogP contribution in [0, 0.1) is 0 Å². The zero-order valence-corrected chi connectivity index (χ0v) is 20.5. The van der Waals surface area contributed by atoms with Gasteiger partial charge >= 0.3 is 5.97 Å². The number of pyridine rings is 2. The van der Waals surface area contributed by atoms with Gasteiger partial charge in [0.25, 0.3) is 5.91 Å². The SMILES string of the molecule is CC(OC(=O)c1c2c(nc3ccccc13)C(=Cc1cccs1)CCC2)C(=O)Nc1ccc(Cl)cn1. The molecule has 0 radical (unpaired) electrons. The van der Waals surface area contributed by atoms with Gasteiger partial charge in [-0.2, -0.15) is 0 Å². The normalized spacial score (nSPS) is 15.0. The number of esters is 1. The number of hydrogen-bond acceptors (Lipinski definition) is 6. The molecule has 0 saturated heterocycles. The topological polar surface area (TPSA) is 81.2 Å². The number of allylic oxidation sites excluding steroid dienone is 1. The summed E-state index contributed by atoms with van der Waals surface area (Å²) in [6.45, 7) is 1.54. The maximum Gasteiger partial charge on any atom is 0.339 e. The van der Waals surface area contributed by atoms with Gasteiger partial charge in [-0.3, -0.25) is 4.79 Å². The van der Waals surface area contributed by atoms with Gasteiger partial charge in [-0.05, 0) is 73.0 Å². The Morgan fingerprint density at radius 1 is 1.14 bits per heavy atom. The minimum absolute atomic E-state index is 0.331. The number of nitrogens with zero attached hydrogens (tertiary/aromatic N) is 2. The van der Waals surface area contributed by atoms with Crippen molar-refractivity contribution in [3.63, 3.8) is 0 Å². The molecule has 1 atom stereocenters. The van der Waals surface area contributed by atoms with Crippen molar-refractivity contribution in [3.8, 4) is 0 Å². The van der Waals surface area contributed by atoms with E-state index in [4.69, 9.17) is 21.3 Å². The number of halogens is 1. The van der Waals surface area contributed by atoms with E-state index in [-0.39, 0.29) is 0 Å². The Bertz CT molecular complexity index is 1430. The maximum absolute atomic E-state index is 13.5. The van der Waals surface area contributed by atoms with E-state index in [9.17, 15) is 9.59 Å². The van der Waals surface area contributed by atoms with Crippen LogP contribution in [0.1, 0.15) is 46.3 Å². The Hall–Kier alpha value is -3.55. The lowest BCUT2D eigenvalue weighted by Crippen LogP contribution is -2.31. The Kier molecular flexibility index (Phi) is 6.61. The predicted octanol–water partition coefficient (Wildman–Crippen LogP) is 6.41. The number of para-hydroxylation sites is 1. The van der Waals surface area contributed by atoms with Gasteiger partial charge < -0.3 is 10.1 Å². The highest BCUT2D eigenvalue weighted by atomic mass is 35.5. The molecule has 0 saturated carbocycles. The second kappa shape index (κ2) is 9.98. The van der Waals surface area contributed by atoms with E-state index in [1.165, 1.54) is 6.20 Å². The summed E-state index contributed by atoms with van der Waals surface area (Å²) >= 11 is 7.52. The summed E-state index contributed by atoms with van der Waals surface area (Å²) in [6, 6.07) is 14.8. The van der Waals surface area contributed by atoms with Crippen LogP contribution in [-0.4, -0.2) is 27.9 Å². The van der Waals surface area contributed by atoms with Crippen molar-refractivity contribution in [2.24, 2.45) is 0 Å². The zero-order valence-electron chi connectivity index (χ0n) is 19.0. The number of thiophene rings is 1. The molecule has 1 unspecified atom stereocenters. The Balaban J connectivity index is 1.48. The molecule has 1 aliphatic carbocycles. The molecule has 6 nitrogen and oxygen atoms in total. The van der Waals surface area contributed by atoms with Crippen molar-refractivity contribution < 1.29 is 14.3 Å². The smallest absolute Gasteiger partial charge is 0.339 e. The molecule has 1 amide bonds. The zero-order chi connectivity index (χ0) is 24.4. The largest absolute Gasteiger partial charge is 0.449 e. The van der Waals surface area contributed by atoms with Crippen LogP contribution >= 0.6 is 22.9 Å². The molecule has 1 N–H and O–H groups in total. The van der Waals surface area contributed by atoms with Gasteiger partial charge in [-0.25, -0.2) is 14.8 Å². The lowest BCUT2D eigenvalue weighted by atomic mass is 9.86. The van der Waals surface area contributed by atoms with Crippen molar-refractivity contribution in [3.05, 3.63) is 86.8 Å². The van der Waals surface area contributed by atoms with Crippen LogP contribution in [0.15, 0.2) is 60.1 Å². The van der Waals surface area contributed by atoms with Crippen LogP contribution in [0.3, 0.4) is 0 Å². The quantitative estimate of drug-likeness (QED) is 0.318.